The summed E-state index contributed by atoms with van der Waals surface area (Å²) >= 11 is 0. The van der Waals surface area contributed by atoms with Crippen LogP contribution in [-0.4, -0.2) is 0 Å². The number of furan rings is 2. The lowest BCUT2D eigenvalue weighted by atomic mass is 9.93. The van der Waals surface area contributed by atoms with Gasteiger partial charge in [0.25, 0.3) is 0 Å². The second kappa shape index (κ2) is 7.99. The third kappa shape index (κ3) is 2.88. The van der Waals surface area contributed by atoms with E-state index in [2.05, 4.69) is 121 Å². The Morgan fingerprint density at radius 2 is 0.833 bits per heavy atom. The van der Waals surface area contributed by atoms with Crippen molar-refractivity contribution in [1.82, 2.24) is 0 Å². The van der Waals surface area contributed by atoms with E-state index in [0.717, 1.165) is 55.0 Å². The van der Waals surface area contributed by atoms with E-state index < -0.39 is 0 Å². The molecule has 0 radical (unpaired) electrons. The molecule has 0 N–H and O–H groups in total. The topological polar surface area (TPSA) is 26.3 Å². The Bertz CT molecular complexity index is 2550. The summed E-state index contributed by atoms with van der Waals surface area (Å²) in [5.41, 5.74) is 13.6. The zero-order chi connectivity index (χ0) is 27.4. The maximum Gasteiger partial charge on any atom is 0.136 e. The standard InChI is InChI=1S/C40H22O2/c1-2-8-28-27(7-1)31-12-5-11-30-25(17-18-32(28)39(30)31)23-15-20-37-34(22-23)40-26(10-6-14-38(40)42-37)24-16-19-36-33(21-24)29-9-3-4-13-35(29)41-36/h1-22H. The number of para-hydroxylation sites is 1. The SMILES string of the molecule is c1ccc2c(c1)-c1cccc3c(-c4ccc5oc6cccc(-c7ccc8oc9ccccc9c8c7)c6c5c4)ccc-2c13. The van der Waals surface area contributed by atoms with E-state index in [1.807, 2.05) is 12.1 Å². The van der Waals surface area contributed by atoms with E-state index in [-0.39, 0.29) is 0 Å². The van der Waals surface area contributed by atoms with Crippen molar-refractivity contribution in [3.05, 3.63) is 133 Å². The van der Waals surface area contributed by atoms with Gasteiger partial charge >= 0.3 is 0 Å². The molecule has 0 saturated heterocycles. The molecule has 0 amide bonds. The Labute approximate surface area is 241 Å². The zero-order valence-electron chi connectivity index (χ0n) is 22.5. The van der Waals surface area contributed by atoms with Crippen molar-refractivity contribution in [2.75, 3.05) is 0 Å². The quantitative estimate of drug-likeness (QED) is 0.220. The first-order valence-electron chi connectivity index (χ1n) is 14.3. The molecule has 2 aromatic heterocycles. The molecule has 1 aliphatic carbocycles. The fraction of sp³-hybridized carbons (Fsp3) is 0. The molecule has 10 rings (SSSR count). The summed E-state index contributed by atoms with van der Waals surface area (Å²) in [4.78, 5) is 0. The van der Waals surface area contributed by atoms with E-state index in [1.165, 1.54) is 44.2 Å². The minimum atomic E-state index is 0.896. The van der Waals surface area contributed by atoms with Crippen molar-refractivity contribution in [2.45, 2.75) is 0 Å². The van der Waals surface area contributed by atoms with Gasteiger partial charge in [-0.25, -0.2) is 0 Å². The van der Waals surface area contributed by atoms with Crippen molar-refractivity contribution < 1.29 is 8.83 Å². The average molecular weight is 535 g/mol. The molecule has 0 atom stereocenters. The second-order valence-electron chi connectivity index (χ2n) is 11.2. The summed E-state index contributed by atoms with van der Waals surface area (Å²) in [5.74, 6) is 0. The van der Waals surface area contributed by atoms with Gasteiger partial charge in [0.05, 0.1) is 0 Å². The summed E-state index contributed by atoms with van der Waals surface area (Å²) in [6.07, 6.45) is 0. The van der Waals surface area contributed by atoms with E-state index in [4.69, 9.17) is 8.83 Å². The Morgan fingerprint density at radius 3 is 1.71 bits per heavy atom. The van der Waals surface area contributed by atoms with Crippen LogP contribution in [0.25, 0.3) is 99.2 Å². The summed E-state index contributed by atoms with van der Waals surface area (Å²) in [7, 11) is 0. The monoisotopic (exact) mass is 534 g/mol. The van der Waals surface area contributed by atoms with Crippen LogP contribution in [0.4, 0.5) is 0 Å². The van der Waals surface area contributed by atoms with Gasteiger partial charge in [0, 0.05) is 21.5 Å². The fourth-order valence-corrected chi connectivity index (χ4v) is 7.19. The van der Waals surface area contributed by atoms with Crippen LogP contribution < -0.4 is 0 Å². The molecule has 0 fully saturated rings. The molecule has 0 bridgehead atoms. The van der Waals surface area contributed by atoms with E-state index in [0.29, 0.717) is 0 Å². The van der Waals surface area contributed by atoms with Gasteiger partial charge in [0.2, 0.25) is 0 Å². The summed E-state index contributed by atoms with van der Waals surface area (Å²) < 4.78 is 12.5. The van der Waals surface area contributed by atoms with Crippen molar-refractivity contribution >= 4 is 54.6 Å². The van der Waals surface area contributed by atoms with Gasteiger partial charge in [-0.05, 0) is 91.7 Å². The maximum absolute atomic E-state index is 6.41. The minimum absolute atomic E-state index is 0.896. The molecule has 2 nitrogen and oxygen atoms in total. The molecule has 1 aliphatic rings. The summed E-state index contributed by atoms with van der Waals surface area (Å²) in [6, 6.07) is 47.7. The molecular weight excluding hydrogens is 512 g/mol. The lowest BCUT2D eigenvalue weighted by Crippen LogP contribution is -1.84. The molecule has 2 heteroatoms. The normalized spacial score (nSPS) is 12.3. The molecule has 42 heavy (non-hydrogen) atoms. The first-order chi connectivity index (χ1) is 20.8. The smallest absolute Gasteiger partial charge is 0.136 e. The first kappa shape index (κ1) is 22.1. The molecule has 9 aromatic rings. The Balaban J connectivity index is 1.20. The molecule has 7 aromatic carbocycles. The second-order valence-corrected chi connectivity index (χ2v) is 11.2. The predicted octanol–water partition coefficient (Wildman–Crippen LogP) is 11.6. The van der Waals surface area contributed by atoms with Gasteiger partial charge in [0.1, 0.15) is 22.3 Å². The molecular formula is C40H22O2. The molecule has 0 saturated carbocycles. The van der Waals surface area contributed by atoms with Crippen molar-refractivity contribution in [3.63, 3.8) is 0 Å². The van der Waals surface area contributed by atoms with Gasteiger partial charge < -0.3 is 8.83 Å². The predicted molar refractivity (Wildman–Crippen MR) is 174 cm³/mol. The highest BCUT2D eigenvalue weighted by atomic mass is 16.3. The van der Waals surface area contributed by atoms with Crippen LogP contribution >= 0.6 is 0 Å². The van der Waals surface area contributed by atoms with E-state index >= 15 is 0 Å². The Hall–Kier alpha value is -5.60. The van der Waals surface area contributed by atoms with Crippen molar-refractivity contribution in [2.24, 2.45) is 0 Å². The highest BCUT2D eigenvalue weighted by molar-refractivity contribution is 6.20. The molecule has 2 heterocycles. The van der Waals surface area contributed by atoms with E-state index in [9.17, 15) is 0 Å². The van der Waals surface area contributed by atoms with Gasteiger partial charge in [-0.3, -0.25) is 0 Å². The molecule has 0 spiro atoms. The van der Waals surface area contributed by atoms with Crippen LogP contribution in [0, 0.1) is 0 Å². The number of rotatable bonds is 2. The van der Waals surface area contributed by atoms with Crippen LogP contribution in [0.5, 0.6) is 0 Å². The lowest BCUT2D eigenvalue weighted by molar-refractivity contribution is 0.669. The van der Waals surface area contributed by atoms with Crippen LogP contribution in [0.15, 0.2) is 142 Å². The van der Waals surface area contributed by atoms with Crippen molar-refractivity contribution in [3.8, 4) is 44.5 Å². The van der Waals surface area contributed by atoms with Crippen LogP contribution in [-0.2, 0) is 0 Å². The molecule has 0 unspecified atom stereocenters. The Morgan fingerprint density at radius 1 is 0.286 bits per heavy atom. The molecule has 194 valence electrons. The van der Waals surface area contributed by atoms with Crippen molar-refractivity contribution in [1.29, 1.82) is 0 Å². The largest absolute Gasteiger partial charge is 0.456 e. The van der Waals surface area contributed by atoms with Gasteiger partial charge in [-0.15, -0.1) is 0 Å². The maximum atomic E-state index is 6.41. The van der Waals surface area contributed by atoms with Crippen LogP contribution in [0.3, 0.4) is 0 Å². The number of fused-ring (bicyclic) bond motifs is 9. The summed E-state index contributed by atoms with van der Waals surface area (Å²) in [5, 5.41) is 7.15. The minimum Gasteiger partial charge on any atom is -0.456 e. The van der Waals surface area contributed by atoms with Gasteiger partial charge in [-0.2, -0.15) is 0 Å². The number of hydrogen-bond acceptors (Lipinski definition) is 2. The number of benzene rings is 7. The van der Waals surface area contributed by atoms with Crippen LogP contribution in [0.2, 0.25) is 0 Å². The van der Waals surface area contributed by atoms with Gasteiger partial charge in [0.15, 0.2) is 0 Å². The third-order valence-electron chi connectivity index (χ3n) is 9.04. The fourth-order valence-electron chi connectivity index (χ4n) is 7.19. The highest BCUT2D eigenvalue weighted by Crippen LogP contribution is 2.49. The van der Waals surface area contributed by atoms with Gasteiger partial charge in [-0.1, -0.05) is 97.1 Å². The number of hydrogen-bond donors (Lipinski definition) is 0. The molecule has 0 aliphatic heterocycles. The highest BCUT2D eigenvalue weighted by Gasteiger charge is 2.22. The summed E-state index contributed by atoms with van der Waals surface area (Å²) in [6.45, 7) is 0. The first-order valence-corrected chi connectivity index (χ1v) is 14.3. The Kier molecular flexibility index (Phi) is 4.21. The average Bonchev–Trinajstić information content (AvgIpc) is 3.71. The zero-order valence-corrected chi connectivity index (χ0v) is 22.5. The lowest BCUT2D eigenvalue weighted by Gasteiger charge is -2.10. The van der Waals surface area contributed by atoms with E-state index in [1.54, 1.807) is 0 Å². The van der Waals surface area contributed by atoms with Crippen LogP contribution in [0.1, 0.15) is 0 Å². The third-order valence-corrected chi connectivity index (χ3v) is 9.04.